The topological polar surface area (TPSA) is 58.1 Å². The Morgan fingerprint density at radius 3 is 2.63 bits per heavy atom. The Labute approximate surface area is 189 Å². The van der Waals surface area contributed by atoms with Gasteiger partial charge in [0.15, 0.2) is 5.16 Å². The number of hydrogen-bond acceptors (Lipinski definition) is 5. The Hall–Kier alpha value is -1.79. The summed E-state index contributed by atoms with van der Waals surface area (Å²) >= 11 is 7.85. The van der Waals surface area contributed by atoms with E-state index in [0.29, 0.717) is 21.9 Å². The van der Waals surface area contributed by atoms with Crippen LogP contribution in [0.1, 0.15) is 67.8 Å². The molecule has 0 unspecified atom stereocenters. The smallest absolute Gasteiger partial charge is 0.251 e. The van der Waals surface area contributed by atoms with Gasteiger partial charge >= 0.3 is 0 Å². The summed E-state index contributed by atoms with van der Waals surface area (Å²) < 4.78 is 0. The summed E-state index contributed by atoms with van der Waals surface area (Å²) in [7, 11) is 2.10. The molecule has 0 aliphatic heterocycles. The third kappa shape index (κ3) is 6.61. The van der Waals surface area contributed by atoms with E-state index < -0.39 is 0 Å². The lowest BCUT2D eigenvalue weighted by Gasteiger charge is -2.32. The molecule has 1 heterocycles. The van der Waals surface area contributed by atoms with Crippen LogP contribution < -0.4 is 10.2 Å². The second kappa shape index (κ2) is 11.6. The number of benzene rings is 1. The molecule has 1 saturated carbocycles. The normalized spacial score (nSPS) is 14.5. The molecule has 1 fully saturated rings. The molecule has 30 heavy (non-hydrogen) atoms. The number of amides is 1. The highest BCUT2D eigenvalue weighted by molar-refractivity contribution is 7.98. The predicted molar refractivity (Wildman–Crippen MR) is 126 cm³/mol. The van der Waals surface area contributed by atoms with Gasteiger partial charge in [-0.15, -0.1) is 0 Å². The minimum Gasteiger partial charge on any atom is -0.357 e. The van der Waals surface area contributed by atoms with Crippen LogP contribution in [0.4, 0.5) is 5.82 Å². The van der Waals surface area contributed by atoms with Gasteiger partial charge in [0.25, 0.3) is 5.91 Å². The first-order valence-electron chi connectivity index (χ1n) is 10.8. The zero-order chi connectivity index (χ0) is 21.3. The number of thioether (sulfide) groups is 1. The van der Waals surface area contributed by atoms with E-state index >= 15 is 0 Å². The molecule has 1 aliphatic carbocycles. The van der Waals surface area contributed by atoms with Crippen LogP contribution in [0.3, 0.4) is 0 Å². The number of nitrogens with one attached hydrogen (secondary N) is 1. The molecular formula is C23H31ClN4OS. The first-order chi connectivity index (χ1) is 14.6. The molecule has 0 bridgehead atoms. The third-order valence-corrected chi connectivity index (χ3v) is 6.66. The number of rotatable bonds is 9. The summed E-state index contributed by atoms with van der Waals surface area (Å²) in [6, 6.07) is 10.1. The van der Waals surface area contributed by atoms with E-state index in [1.807, 2.05) is 30.3 Å². The molecule has 1 aliphatic rings. The summed E-state index contributed by atoms with van der Waals surface area (Å²) in [5, 5.41) is 4.10. The Bertz CT molecular complexity index is 824. The molecule has 2 aromatic rings. The molecule has 1 N–H and O–H groups in total. The van der Waals surface area contributed by atoms with E-state index in [0.717, 1.165) is 36.5 Å². The molecule has 0 saturated heterocycles. The van der Waals surface area contributed by atoms with Gasteiger partial charge in [0.2, 0.25) is 0 Å². The number of unbranched alkanes of at least 4 members (excludes halogenated alkanes) is 1. The van der Waals surface area contributed by atoms with Crippen molar-refractivity contribution in [3.05, 3.63) is 46.6 Å². The average molecular weight is 447 g/mol. The number of carbonyl (C=O) groups is 1. The van der Waals surface area contributed by atoms with Crippen molar-refractivity contribution in [2.24, 2.45) is 0 Å². The van der Waals surface area contributed by atoms with Crippen molar-refractivity contribution in [1.82, 2.24) is 15.3 Å². The van der Waals surface area contributed by atoms with Crippen LogP contribution >= 0.6 is 23.4 Å². The quantitative estimate of drug-likeness (QED) is 0.231. The molecule has 162 valence electrons. The summed E-state index contributed by atoms with van der Waals surface area (Å²) in [6.07, 6.45) is 8.37. The standard InChI is InChI=1S/C23H31ClN4OS/c1-3-4-14-25-22(29)18-12-10-17(11-13-18)16-30-23-26-20(24)15-21(27-23)28(2)19-8-6-5-7-9-19/h10-13,15,19H,3-9,14,16H2,1-2H3,(H,25,29). The number of aromatic nitrogens is 2. The van der Waals surface area contributed by atoms with Crippen LogP contribution in [0.25, 0.3) is 0 Å². The average Bonchev–Trinajstić information content (AvgIpc) is 2.78. The van der Waals surface area contributed by atoms with Crippen molar-refractivity contribution in [1.29, 1.82) is 0 Å². The largest absolute Gasteiger partial charge is 0.357 e. The summed E-state index contributed by atoms with van der Waals surface area (Å²) in [5.41, 5.74) is 1.81. The monoisotopic (exact) mass is 446 g/mol. The van der Waals surface area contributed by atoms with Crippen molar-refractivity contribution in [3.8, 4) is 0 Å². The van der Waals surface area contributed by atoms with Crippen molar-refractivity contribution < 1.29 is 4.79 Å². The first kappa shape index (κ1) is 22.9. The van der Waals surface area contributed by atoms with Gasteiger partial charge in [-0.3, -0.25) is 4.79 Å². The molecule has 5 nitrogen and oxygen atoms in total. The van der Waals surface area contributed by atoms with Gasteiger partial charge in [-0.2, -0.15) is 0 Å². The maximum atomic E-state index is 12.1. The number of nitrogens with zero attached hydrogens (tertiary/aromatic N) is 3. The molecule has 0 radical (unpaired) electrons. The first-order valence-corrected chi connectivity index (χ1v) is 12.2. The number of halogens is 1. The molecular weight excluding hydrogens is 416 g/mol. The van der Waals surface area contributed by atoms with E-state index in [2.05, 4.69) is 29.2 Å². The lowest BCUT2D eigenvalue weighted by atomic mass is 9.94. The summed E-state index contributed by atoms with van der Waals surface area (Å²) in [4.78, 5) is 23.5. The fraction of sp³-hybridized carbons (Fsp3) is 0.522. The van der Waals surface area contributed by atoms with Crippen molar-refractivity contribution in [2.75, 3.05) is 18.5 Å². The second-order valence-corrected chi connectivity index (χ2v) is 9.16. The molecule has 1 aromatic heterocycles. The van der Waals surface area contributed by atoms with Crippen molar-refractivity contribution >= 4 is 35.1 Å². The van der Waals surface area contributed by atoms with E-state index in [-0.39, 0.29) is 5.91 Å². The lowest BCUT2D eigenvalue weighted by Crippen LogP contribution is -2.34. The minimum atomic E-state index is -0.0174. The van der Waals surface area contributed by atoms with Gasteiger partial charge in [-0.05, 0) is 37.0 Å². The number of anilines is 1. The molecule has 1 amide bonds. The fourth-order valence-electron chi connectivity index (χ4n) is 3.67. The van der Waals surface area contributed by atoms with Crippen LogP contribution in [-0.4, -0.2) is 35.5 Å². The number of hydrogen-bond donors (Lipinski definition) is 1. The molecule has 1 aromatic carbocycles. The highest BCUT2D eigenvalue weighted by atomic mass is 35.5. The van der Waals surface area contributed by atoms with Gasteiger partial charge in [0, 0.05) is 37.0 Å². The molecule has 3 rings (SSSR count). The summed E-state index contributed by atoms with van der Waals surface area (Å²) in [6.45, 7) is 2.83. The van der Waals surface area contributed by atoms with Gasteiger partial charge in [-0.25, -0.2) is 9.97 Å². The van der Waals surface area contributed by atoms with Crippen LogP contribution in [0.2, 0.25) is 5.15 Å². The Kier molecular flexibility index (Phi) is 8.82. The van der Waals surface area contributed by atoms with Crippen molar-refractivity contribution in [2.45, 2.75) is 68.8 Å². The Balaban J connectivity index is 1.58. The Morgan fingerprint density at radius 2 is 1.93 bits per heavy atom. The molecule has 0 atom stereocenters. The van der Waals surface area contributed by atoms with E-state index in [9.17, 15) is 4.79 Å². The predicted octanol–water partition coefficient (Wildman–Crippen LogP) is 5.72. The van der Waals surface area contributed by atoms with Gasteiger partial charge in [0.05, 0.1) is 0 Å². The maximum absolute atomic E-state index is 12.1. The second-order valence-electron chi connectivity index (χ2n) is 7.83. The van der Waals surface area contributed by atoms with Gasteiger partial charge < -0.3 is 10.2 Å². The van der Waals surface area contributed by atoms with Crippen LogP contribution in [0.15, 0.2) is 35.5 Å². The van der Waals surface area contributed by atoms with E-state index in [4.69, 9.17) is 16.6 Å². The SMILES string of the molecule is CCCCNC(=O)c1ccc(CSc2nc(Cl)cc(N(C)C3CCCCC3)n2)cc1. The molecule has 7 heteroatoms. The highest BCUT2D eigenvalue weighted by Gasteiger charge is 2.20. The van der Waals surface area contributed by atoms with Crippen molar-refractivity contribution in [3.63, 3.8) is 0 Å². The minimum absolute atomic E-state index is 0.0174. The van der Waals surface area contributed by atoms with Crippen LogP contribution in [-0.2, 0) is 5.75 Å². The Morgan fingerprint density at radius 1 is 1.20 bits per heavy atom. The van der Waals surface area contributed by atoms with Crippen LogP contribution in [0.5, 0.6) is 0 Å². The highest BCUT2D eigenvalue weighted by Crippen LogP contribution is 2.28. The van der Waals surface area contributed by atoms with E-state index in [1.54, 1.807) is 11.8 Å². The third-order valence-electron chi connectivity index (χ3n) is 5.54. The lowest BCUT2D eigenvalue weighted by molar-refractivity contribution is 0.0953. The summed E-state index contributed by atoms with van der Waals surface area (Å²) in [5.74, 6) is 1.60. The zero-order valence-electron chi connectivity index (χ0n) is 17.9. The van der Waals surface area contributed by atoms with Crippen LogP contribution in [0, 0.1) is 0 Å². The number of carbonyl (C=O) groups excluding carboxylic acids is 1. The van der Waals surface area contributed by atoms with E-state index in [1.165, 1.54) is 32.1 Å². The molecule has 0 spiro atoms. The fourth-order valence-corrected chi connectivity index (χ4v) is 4.70. The maximum Gasteiger partial charge on any atom is 0.251 e. The van der Waals surface area contributed by atoms with Gasteiger partial charge in [0.1, 0.15) is 11.0 Å². The van der Waals surface area contributed by atoms with Gasteiger partial charge in [-0.1, -0.05) is 68.1 Å². The zero-order valence-corrected chi connectivity index (χ0v) is 19.4.